The molecule has 1 atom stereocenters. The second-order valence-electron chi connectivity index (χ2n) is 7.66. The topological polar surface area (TPSA) is 76.4 Å². The maximum absolute atomic E-state index is 13.0. The molecular formula is C20H28N6O2. The lowest BCUT2D eigenvalue weighted by molar-refractivity contribution is -0.136. The summed E-state index contributed by atoms with van der Waals surface area (Å²) in [7, 11) is 0. The van der Waals surface area contributed by atoms with E-state index in [4.69, 9.17) is 4.74 Å². The molecule has 2 saturated heterocycles. The first-order valence-electron chi connectivity index (χ1n) is 10.1. The fourth-order valence-electron chi connectivity index (χ4n) is 3.94. The van der Waals surface area contributed by atoms with Crippen LogP contribution in [-0.4, -0.2) is 81.3 Å². The second-order valence-corrected chi connectivity index (χ2v) is 7.66. The molecule has 0 saturated carbocycles. The smallest absolute Gasteiger partial charge is 0.246 e. The van der Waals surface area contributed by atoms with Gasteiger partial charge in [0.15, 0.2) is 0 Å². The summed E-state index contributed by atoms with van der Waals surface area (Å²) >= 11 is 0. The van der Waals surface area contributed by atoms with Gasteiger partial charge in [-0.1, -0.05) is 29.8 Å². The minimum atomic E-state index is 0.0748. The number of morpholine rings is 1. The van der Waals surface area contributed by atoms with Gasteiger partial charge in [-0.05, 0) is 31.4 Å². The molecule has 1 aromatic heterocycles. The molecule has 2 aromatic rings. The van der Waals surface area contributed by atoms with Crippen LogP contribution >= 0.6 is 0 Å². The summed E-state index contributed by atoms with van der Waals surface area (Å²) in [6.07, 6.45) is 3.30. The minimum absolute atomic E-state index is 0.0748. The van der Waals surface area contributed by atoms with Crippen molar-refractivity contribution in [1.82, 2.24) is 30.0 Å². The zero-order valence-electron chi connectivity index (χ0n) is 16.5. The predicted molar refractivity (Wildman–Crippen MR) is 105 cm³/mol. The van der Waals surface area contributed by atoms with E-state index in [0.717, 1.165) is 57.8 Å². The van der Waals surface area contributed by atoms with Gasteiger partial charge in [-0.25, -0.2) is 0 Å². The number of tetrazole rings is 1. The Bertz CT molecular complexity index is 784. The van der Waals surface area contributed by atoms with Gasteiger partial charge in [0.25, 0.3) is 0 Å². The molecule has 0 aliphatic carbocycles. The fraction of sp³-hybridized carbons (Fsp3) is 0.600. The van der Waals surface area contributed by atoms with Crippen molar-refractivity contribution in [3.63, 3.8) is 0 Å². The number of carbonyl (C=O) groups is 1. The van der Waals surface area contributed by atoms with Crippen molar-refractivity contribution < 1.29 is 9.53 Å². The fourth-order valence-corrected chi connectivity index (χ4v) is 3.94. The van der Waals surface area contributed by atoms with E-state index < -0.39 is 0 Å². The van der Waals surface area contributed by atoms with E-state index in [-0.39, 0.29) is 18.5 Å². The van der Waals surface area contributed by atoms with Crippen LogP contribution in [0.5, 0.6) is 0 Å². The molecule has 0 bridgehead atoms. The Morgan fingerprint density at radius 2 is 1.93 bits per heavy atom. The molecule has 4 rings (SSSR count). The first kappa shape index (κ1) is 19.0. The molecule has 28 heavy (non-hydrogen) atoms. The Balaban J connectivity index is 1.39. The Morgan fingerprint density at radius 1 is 1.14 bits per heavy atom. The van der Waals surface area contributed by atoms with E-state index in [9.17, 15) is 4.79 Å². The summed E-state index contributed by atoms with van der Waals surface area (Å²) < 4.78 is 5.44. The molecule has 2 fully saturated rings. The number of amides is 1. The minimum Gasteiger partial charge on any atom is -0.379 e. The third-order valence-electron chi connectivity index (χ3n) is 5.56. The van der Waals surface area contributed by atoms with Crippen LogP contribution in [0.2, 0.25) is 0 Å². The molecule has 1 amide bonds. The molecule has 150 valence electrons. The first-order valence-corrected chi connectivity index (χ1v) is 10.1. The number of benzene rings is 1. The van der Waals surface area contributed by atoms with E-state index in [1.54, 1.807) is 0 Å². The Labute approximate surface area is 165 Å². The molecular weight excluding hydrogens is 356 g/mol. The van der Waals surface area contributed by atoms with Gasteiger partial charge < -0.3 is 9.64 Å². The number of aryl methyl sites for hydroxylation is 1. The summed E-state index contributed by atoms with van der Waals surface area (Å²) in [4.78, 5) is 18.8. The van der Waals surface area contributed by atoms with Crippen molar-refractivity contribution in [3.8, 4) is 11.4 Å². The van der Waals surface area contributed by atoms with Gasteiger partial charge in [-0.15, -0.1) is 10.2 Å². The molecule has 8 nitrogen and oxygen atoms in total. The van der Waals surface area contributed by atoms with Crippen LogP contribution in [-0.2, 0) is 16.1 Å². The molecule has 0 spiro atoms. The summed E-state index contributed by atoms with van der Waals surface area (Å²) in [6.45, 7) is 7.38. The maximum Gasteiger partial charge on any atom is 0.246 e. The van der Waals surface area contributed by atoms with Crippen LogP contribution < -0.4 is 0 Å². The molecule has 1 unspecified atom stereocenters. The van der Waals surface area contributed by atoms with Crippen molar-refractivity contribution in [2.75, 3.05) is 39.4 Å². The largest absolute Gasteiger partial charge is 0.379 e. The van der Waals surface area contributed by atoms with Crippen molar-refractivity contribution >= 4 is 5.91 Å². The van der Waals surface area contributed by atoms with Crippen LogP contribution in [0.3, 0.4) is 0 Å². The van der Waals surface area contributed by atoms with Gasteiger partial charge in [0.1, 0.15) is 6.54 Å². The number of hydrogen-bond acceptors (Lipinski definition) is 6. The van der Waals surface area contributed by atoms with Crippen LogP contribution in [0.25, 0.3) is 11.4 Å². The normalized spacial score (nSPS) is 21.0. The molecule has 0 radical (unpaired) electrons. The standard InChI is InChI=1S/C20H28N6O2/c1-16-5-7-17(8-6-16)20-21-23-26(22-20)15-19(27)25-9-3-2-4-18(25)14-24-10-12-28-13-11-24/h5-8,18H,2-4,9-15H2,1H3. The average molecular weight is 384 g/mol. The number of hydrogen-bond donors (Lipinski definition) is 0. The maximum atomic E-state index is 13.0. The number of carbonyl (C=O) groups excluding carboxylic acids is 1. The van der Waals surface area contributed by atoms with Gasteiger partial charge in [-0.3, -0.25) is 9.69 Å². The number of aromatic nitrogens is 4. The van der Waals surface area contributed by atoms with Crippen molar-refractivity contribution in [2.24, 2.45) is 0 Å². The Morgan fingerprint density at radius 3 is 2.71 bits per heavy atom. The highest BCUT2D eigenvalue weighted by Crippen LogP contribution is 2.19. The monoisotopic (exact) mass is 384 g/mol. The molecule has 0 N–H and O–H groups in total. The highest BCUT2D eigenvalue weighted by Gasteiger charge is 2.29. The number of likely N-dealkylation sites (tertiary alicyclic amines) is 1. The predicted octanol–water partition coefficient (Wildman–Crippen LogP) is 1.36. The van der Waals surface area contributed by atoms with Gasteiger partial charge in [0, 0.05) is 37.8 Å². The SMILES string of the molecule is Cc1ccc(-c2nnn(CC(=O)N3CCCCC3CN3CCOCC3)n2)cc1. The van der Waals surface area contributed by atoms with Crippen molar-refractivity contribution in [3.05, 3.63) is 29.8 Å². The third-order valence-corrected chi connectivity index (χ3v) is 5.56. The summed E-state index contributed by atoms with van der Waals surface area (Å²) in [5.74, 6) is 0.627. The lowest BCUT2D eigenvalue weighted by Gasteiger charge is -2.39. The average Bonchev–Trinajstić information content (AvgIpc) is 3.18. The quantitative estimate of drug-likeness (QED) is 0.775. The van der Waals surface area contributed by atoms with Crippen LogP contribution in [0.1, 0.15) is 24.8 Å². The number of piperidine rings is 1. The molecule has 3 heterocycles. The van der Waals surface area contributed by atoms with Crippen LogP contribution in [0.15, 0.2) is 24.3 Å². The van der Waals surface area contributed by atoms with E-state index in [1.165, 1.54) is 16.8 Å². The molecule has 8 heteroatoms. The molecule has 2 aliphatic heterocycles. The van der Waals surface area contributed by atoms with Crippen LogP contribution in [0.4, 0.5) is 0 Å². The number of ether oxygens (including phenoxy) is 1. The van der Waals surface area contributed by atoms with E-state index in [0.29, 0.717) is 5.82 Å². The van der Waals surface area contributed by atoms with Gasteiger partial charge in [0.05, 0.1) is 13.2 Å². The van der Waals surface area contributed by atoms with E-state index in [1.807, 2.05) is 36.1 Å². The summed E-state index contributed by atoms with van der Waals surface area (Å²) in [5.41, 5.74) is 2.09. The third kappa shape index (κ3) is 4.56. The first-order chi connectivity index (χ1) is 13.7. The summed E-state index contributed by atoms with van der Waals surface area (Å²) in [5, 5.41) is 12.6. The van der Waals surface area contributed by atoms with E-state index >= 15 is 0 Å². The van der Waals surface area contributed by atoms with Gasteiger partial charge in [0.2, 0.25) is 11.7 Å². The lowest BCUT2D eigenvalue weighted by Crippen LogP contribution is -2.52. The van der Waals surface area contributed by atoms with Gasteiger partial charge >= 0.3 is 0 Å². The Kier molecular flexibility index (Phi) is 5.97. The van der Waals surface area contributed by atoms with Crippen LogP contribution in [0, 0.1) is 6.92 Å². The highest BCUT2D eigenvalue weighted by molar-refractivity contribution is 5.76. The summed E-state index contributed by atoms with van der Waals surface area (Å²) in [6, 6.07) is 8.25. The highest BCUT2D eigenvalue weighted by atomic mass is 16.5. The Hall–Kier alpha value is -2.32. The lowest BCUT2D eigenvalue weighted by atomic mass is 10.0. The number of nitrogens with zero attached hydrogens (tertiary/aromatic N) is 6. The number of rotatable bonds is 5. The molecule has 1 aromatic carbocycles. The van der Waals surface area contributed by atoms with Crippen molar-refractivity contribution in [2.45, 2.75) is 38.8 Å². The molecule has 2 aliphatic rings. The van der Waals surface area contributed by atoms with Crippen molar-refractivity contribution in [1.29, 1.82) is 0 Å². The second kappa shape index (κ2) is 8.79. The zero-order chi connectivity index (χ0) is 19.3. The van der Waals surface area contributed by atoms with E-state index in [2.05, 4.69) is 20.3 Å². The zero-order valence-corrected chi connectivity index (χ0v) is 16.5. The van der Waals surface area contributed by atoms with Gasteiger partial charge in [-0.2, -0.15) is 4.80 Å².